The molecular formula is C24H28N4O3. The Labute approximate surface area is 181 Å². The molecule has 0 aliphatic carbocycles. The van der Waals surface area contributed by atoms with Crippen molar-refractivity contribution in [2.24, 2.45) is 0 Å². The SMILES string of the molecule is COc1ccc2[nH]cc(C3CCN(C(=O)CCNC(=O)Nc4ccccc4)CC3)c2c1. The molecule has 2 heterocycles. The third-order valence-electron chi connectivity index (χ3n) is 5.86. The molecular weight excluding hydrogens is 392 g/mol. The fraction of sp³-hybridized carbons (Fsp3) is 0.333. The van der Waals surface area contributed by atoms with Gasteiger partial charge in [0.05, 0.1) is 7.11 Å². The lowest BCUT2D eigenvalue weighted by atomic mass is 9.89. The van der Waals surface area contributed by atoms with E-state index >= 15 is 0 Å². The number of urea groups is 1. The number of rotatable bonds is 6. The standard InChI is InChI=1S/C24H28N4O3/c1-31-19-7-8-22-20(15-19)21(16-26-22)17-10-13-28(14-11-17)23(29)9-12-25-24(30)27-18-5-3-2-4-6-18/h2-8,15-17,26H,9-14H2,1H3,(H2,25,27,30). The van der Waals surface area contributed by atoms with Crippen LogP contribution < -0.4 is 15.4 Å². The molecule has 1 aromatic heterocycles. The quantitative estimate of drug-likeness (QED) is 0.561. The van der Waals surface area contributed by atoms with Gasteiger partial charge in [0.1, 0.15) is 5.75 Å². The van der Waals surface area contributed by atoms with Crippen molar-refractivity contribution in [2.45, 2.75) is 25.2 Å². The first kappa shape index (κ1) is 20.8. The predicted molar refractivity (Wildman–Crippen MR) is 121 cm³/mol. The number of benzene rings is 2. The number of aromatic amines is 1. The first-order chi connectivity index (χ1) is 15.1. The largest absolute Gasteiger partial charge is 0.497 e. The van der Waals surface area contributed by atoms with Gasteiger partial charge in [-0.2, -0.15) is 0 Å². The number of para-hydroxylation sites is 1. The molecule has 1 saturated heterocycles. The number of nitrogens with one attached hydrogen (secondary N) is 3. The van der Waals surface area contributed by atoms with E-state index in [9.17, 15) is 9.59 Å². The zero-order valence-electron chi connectivity index (χ0n) is 17.7. The fourth-order valence-electron chi connectivity index (χ4n) is 4.16. The highest BCUT2D eigenvalue weighted by Crippen LogP contribution is 2.34. The molecule has 3 amide bonds. The Balaban J connectivity index is 1.24. The number of anilines is 1. The molecule has 1 aliphatic rings. The fourth-order valence-corrected chi connectivity index (χ4v) is 4.16. The van der Waals surface area contributed by atoms with E-state index < -0.39 is 0 Å². The average molecular weight is 421 g/mol. The molecule has 0 spiro atoms. The van der Waals surface area contributed by atoms with Gasteiger partial charge < -0.3 is 25.3 Å². The van der Waals surface area contributed by atoms with E-state index in [1.807, 2.05) is 47.4 Å². The van der Waals surface area contributed by atoms with Crippen molar-refractivity contribution in [1.29, 1.82) is 0 Å². The van der Waals surface area contributed by atoms with Crippen molar-refractivity contribution in [1.82, 2.24) is 15.2 Å². The van der Waals surface area contributed by atoms with Gasteiger partial charge >= 0.3 is 6.03 Å². The number of hydrogen-bond acceptors (Lipinski definition) is 3. The molecule has 2 aromatic carbocycles. The summed E-state index contributed by atoms with van der Waals surface area (Å²) in [5.41, 5.74) is 3.12. The van der Waals surface area contributed by atoms with E-state index in [0.717, 1.165) is 42.9 Å². The molecule has 0 saturated carbocycles. The summed E-state index contributed by atoms with van der Waals surface area (Å²) in [5, 5.41) is 6.69. The van der Waals surface area contributed by atoms with Crippen LogP contribution in [0.25, 0.3) is 10.9 Å². The van der Waals surface area contributed by atoms with Crippen LogP contribution in [-0.4, -0.2) is 48.6 Å². The molecule has 0 bridgehead atoms. The van der Waals surface area contributed by atoms with Crippen LogP contribution in [-0.2, 0) is 4.79 Å². The van der Waals surface area contributed by atoms with Crippen LogP contribution in [0.3, 0.4) is 0 Å². The molecule has 0 unspecified atom stereocenters. The number of aromatic nitrogens is 1. The Bertz CT molecular complexity index is 1040. The number of ether oxygens (including phenoxy) is 1. The minimum atomic E-state index is -0.299. The molecule has 3 aromatic rings. The topological polar surface area (TPSA) is 86.5 Å². The zero-order chi connectivity index (χ0) is 21.6. The van der Waals surface area contributed by atoms with Gasteiger partial charge in [0, 0.05) is 48.8 Å². The maximum atomic E-state index is 12.6. The Morgan fingerprint density at radius 2 is 1.90 bits per heavy atom. The van der Waals surface area contributed by atoms with E-state index in [1.54, 1.807) is 7.11 Å². The molecule has 0 radical (unpaired) electrons. The summed E-state index contributed by atoms with van der Waals surface area (Å²) < 4.78 is 5.37. The van der Waals surface area contributed by atoms with E-state index in [2.05, 4.69) is 27.9 Å². The highest BCUT2D eigenvalue weighted by atomic mass is 16.5. The summed E-state index contributed by atoms with van der Waals surface area (Å²) in [6.07, 6.45) is 4.24. The van der Waals surface area contributed by atoms with Crippen LogP contribution in [0.1, 0.15) is 30.7 Å². The average Bonchev–Trinajstić information content (AvgIpc) is 3.23. The van der Waals surface area contributed by atoms with Crippen LogP contribution in [0.15, 0.2) is 54.7 Å². The van der Waals surface area contributed by atoms with Crippen molar-refractivity contribution in [3.05, 3.63) is 60.3 Å². The van der Waals surface area contributed by atoms with E-state index in [0.29, 0.717) is 18.9 Å². The molecule has 162 valence electrons. The van der Waals surface area contributed by atoms with Crippen LogP contribution in [0.4, 0.5) is 10.5 Å². The summed E-state index contributed by atoms with van der Waals surface area (Å²) in [7, 11) is 1.68. The number of carbonyl (C=O) groups is 2. The number of methoxy groups -OCH3 is 1. The minimum absolute atomic E-state index is 0.0825. The number of hydrogen-bond donors (Lipinski definition) is 3. The van der Waals surface area contributed by atoms with Crippen molar-refractivity contribution < 1.29 is 14.3 Å². The molecule has 1 aliphatic heterocycles. The van der Waals surface area contributed by atoms with Gasteiger partial charge in [0.15, 0.2) is 0 Å². The second-order valence-corrected chi connectivity index (χ2v) is 7.81. The Morgan fingerprint density at radius 3 is 2.65 bits per heavy atom. The lowest BCUT2D eigenvalue weighted by Crippen LogP contribution is -2.40. The van der Waals surface area contributed by atoms with Crippen molar-refractivity contribution in [3.63, 3.8) is 0 Å². The molecule has 7 heteroatoms. The second kappa shape index (κ2) is 9.55. The number of H-pyrrole nitrogens is 1. The normalized spacial score (nSPS) is 14.4. The Hall–Kier alpha value is -3.48. The Morgan fingerprint density at radius 1 is 1.13 bits per heavy atom. The number of fused-ring (bicyclic) bond motifs is 1. The van der Waals surface area contributed by atoms with Crippen molar-refractivity contribution in [2.75, 3.05) is 32.1 Å². The monoisotopic (exact) mass is 420 g/mol. The number of amides is 3. The Kier molecular flexibility index (Phi) is 6.40. The number of piperidine rings is 1. The third-order valence-corrected chi connectivity index (χ3v) is 5.86. The predicted octanol–water partition coefficient (Wildman–Crippen LogP) is 4.09. The molecule has 31 heavy (non-hydrogen) atoms. The second-order valence-electron chi connectivity index (χ2n) is 7.81. The maximum Gasteiger partial charge on any atom is 0.319 e. The third kappa shape index (κ3) is 4.99. The van der Waals surface area contributed by atoms with E-state index in [1.165, 1.54) is 10.9 Å². The van der Waals surface area contributed by atoms with Crippen LogP contribution >= 0.6 is 0 Å². The molecule has 1 fully saturated rings. The van der Waals surface area contributed by atoms with Crippen LogP contribution in [0, 0.1) is 0 Å². The zero-order valence-corrected chi connectivity index (χ0v) is 17.7. The highest BCUT2D eigenvalue weighted by Gasteiger charge is 2.25. The van der Waals surface area contributed by atoms with Crippen LogP contribution in [0.5, 0.6) is 5.75 Å². The lowest BCUT2D eigenvalue weighted by molar-refractivity contribution is -0.132. The van der Waals surface area contributed by atoms with Gasteiger partial charge in [0.2, 0.25) is 5.91 Å². The molecule has 7 nitrogen and oxygen atoms in total. The van der Waals surface area contributed by atoms with Crippen LogP contribution in [0.2, 0.25) is 0 Å². The molecule has 4 rings (SSSR count). The van der Waals surface area contributed by atoms with Crippen molar-refractivity contribution in [3.8, 4) is 5.75 Å². The van der Waals surface area contributed by atoms with Gasteiger partial charge in [-0.3, -0.25) is 4.79 Å². The van der Waals surface area contributed by atoms with Gasteiger partial charge in [-0.25, -0.2) is 4.79 Å². The molecule has 0 atom stereocenters. The summed E-state index contributed by atoms with van der Waals surface area (Å²) in [4.78, 5) is 29.7. The number of nitrogens with zero attached hydrogens (tertiary/aromatic N) is 1. The van der Waals surface area contributed by atoms with Crippen molar-refractivity contribution >= 4 is 28.5 Å². The van der Waals surface area contributed by atoms with E-state index in [-0.39, 0.29) is 11.9 Å². The molecule has 3 N–H and O–H groups in total. The summed E-state index contributed by atoms with van der Waals surface area (Å²) in [5.74, 6) is 1.35. The minimum Gasteiger partial charge on any atom is -0.497 e. The maximum absolute atomic E-state index is 12.6. The summed E-state index contributed by atoms with van der Waals surface area (Å²) in [6.45, 7) is 1.78. The van der Waals surface area contributed by atoms with E-state index in [4.69, 9.17) is 4.74 Å². The van der Waals surface area contributed by atoms with Gasteiger partial charge in [-0.05, 0) is 54.7 Å². The number of carbonyl (C=O) groups excluding carboxylic acids is 2. The van der Waals surface area contributed by atoms with Gasteiger partial charge in [-0.1, -0.05) is 18.2 Å². The lowest BCUT2D eigenvalue weighted by Gasteiger charge is -2.32. The van der Waals surface area contributed by atoms with Gasteiger partial charge in [0.25, 0.3) is 0 Å². The van der Waals surface area contributed by atoms with Gasteiger partial charge in [-0.15, -0.1) is 0 Å². The first-order valence-electron chi connectivity index (χ1n) is 10.7. The highest BCUT2D eigenvalue weighted by molar-refractivity contribution is 5.89. The smallest absolute Gasteiger partial charge is 0.319 e. The number of likely N-dealkylation sites (tertiary alicyclic amines) is 1. The summed E-state index contributed by atoms with van der Waals surface area (Å²) >= 11 is 0. The summed E-state index contributed by atoms with van der Waals surface area (Å²) in [6, 6.07) is 15.0. The first-order valence-corrected chi connectivity index (χ1v) is 10.7.